The van der Waals surface area contributed by atoms with Crippen molar-refractivity contribution in [3.05, 3.63) is 58.2 Å². The fourth-order valence-electron chi connectivity index (χ4n) is 2.62. The SMILES string of the molecule is Clc1cnc(O[C@H](c2ccccc2)[C@@H]2CCNC2)c(Cl)c1. The van der Waals surface area contributed by atoms with Crippen molar-refractivity contribution in [3.8, 4) is 5.88 Å². The van der Waals surface area contributed by atoms with E-state index in [9.17, 15) is 0 Å². The zero-order valence-corrected chi connectivity index (χ0v) is 12.9. The molecule has 1 aliphatic rings. The summed E-state index contributed by atoms with van der Waals surface area (Å²) in [7, 11) is 0. The second kappa shape index (κ2) is 6.65. The van der Waals surface area contributed by atoms with E-state index in [1.807, 2.05) is 18.2 Å². The number of ether oxygens (including phenoxy) is 1. The molecule has 3 nitrogen and oxygen atoms in total. The van der Waals surface area contributed by atoms with E-state index in [1.165, 1.54) is 0 Å². The van der Waals surface area contributed by atoms with E-state index in [0.717, 1.165) is 25.1 Å². The lowest BCUT2D eigenvalue weighted by Gasteiger charge is -2.24. The lowest BCUT2D eigenvalue weighted by atomic mass is 9.95. The minimum atomic E-state index is -0.0626. The summed E-state index contributed by atoms with van der Waals surface area (Å²) >= 11 is 12.1. The van der Waals surface area contributed by atoms with Gasteiger partial charge in [0.15, 0.2) is 0 Å². The van der Waals surface area contributed by atoms with Gasteiger partial charge in [0, 0.05) is 18.7 Å². The molecule has 5 heteroatoms. The molecule has 1 N–H and O–H groups in total. The second-order valence-electron chi connectivity index (χ2n) is 5.14. The summed E-state index contributed by atoms with van der Waals surface area (Å²) in [4.78, 5) is 4.21. The number of hydrogen-bond acceptors (Lipinski definition) is 3. The van der Waals surface area contributed by atoms with Crippen LogP contribution in [0.15, 0.2) is 42.6 Å². The Balaban J connectivity index is 1.88. The van der Waals surface area contributed by atoms with Crippen molar-refractivity contribution < 1.29 is 4.74 Å². The van der Waals surface area contributed by atoms with Crippen LogP contribution in [0.25, 0.3) is 0 Å². The third-order valence-corrected chi connectivity index (χ3v) is 4.14. The molecule has 1 fully saturated rings. The van der Waals surface area contributed by atoms with Gasteiger partial charge in [-0.3, -0.25) is 0 Å². The number of aromatic nitrogens is 1. The minimum Gasteiger partial charge on any atom is -0.468 e. The predicted molar refractivity (Wildman–Crippen MR) is 85.0 cm³/mol. The van der Waals surface area contributed by atoms with Gasteiger partial charge < -0.3 is 10.1 Å². The van der Waals surface area contributed by atoms with Gasteiger partial charge in [0.2, 0.25) is 5.88 Å². The Labute approximate surface area is 134 Å². The van der Waals surface area contributed by atoms with Gasteiger partial charge in [0.05, 0.1) is 5.02 Å². The van der Waals surface area contributed by atoms with Crippen LogP contribution in [0.5, 0.6) is 5.88 Å². The van der Waals surface area contributed by atoms with Crippen LogP contribution in [0.1, 0.15) is 18.1 Å². The lowest BCUT2D eigenvalue weighted by Crippen LogP contribution is -2.21. The molecule has 0 bridgehead atoms. The van der Waals surface area contributed by atoms with E-state index >= 15 is 0 Å². The summed E-state index contributed by atoms with van der Waals surface area (Å²) in [6.45, 7) is 1.95. The number of rotatable bonds is 4. The van der Waals surface area contributed by atoms with Crippen molar-refractivity contribution in [1.82, 2.24) is 10.3 Å². The van der Waals surface area contributed by atoms with Crippen LogP contribution >= 0.6 is 23.2 Å². The standard InChI is InChI=1S/C16H16Cl2N2O/c17-13-8-14(18)16(20-10-13)21-15(12-6-7-19-9-12)11-4-2-1-3-5-11/h1-5,8,10,12,15,19H,6-7,9H2/t12-,15-/m1/s1. The fourth-order valence-corrected chi connectivity index (χ4v) is 3.05. The summed E-state index contributed by atoms with van der Waals surface area (Å²) in [6, 6.07) is 11.8. The molecule has 1 saturated heterocycles. The Bertz CT molecular complexity index is 600. The van der Waals surface area contributed by atoms with Crippen molar-refractivity contribution in [2.45, 2.75) is 12.5 Å². The molecule has 0 saturated carbocycles. The maximum Gasteiger partial charge on any atom is 0.233 e. The molecule has 2 atom stereocenters. The van der Waals surface area contributed by atoms with E-state index in [4.69, 9.17) is 27.9 Å². The average molecular weight is 323 g/mol. The number of hydrogen-bond donors (Lipinski definition) is 1. The third-order valence-electron chi connectivity index (χ3n) is 3.67. The maximum absolute atomic E-state index is 6.18. The van der Waals surface area contributed by atoms with Crippen LogP contribution in [0, 0.1) is 5.92 Å². The first-order valence-electron chi connectivity index (χ1n) is 6.97. The van der Waals surface area contributed by atoms with Crippen LogP contribution in [0.4, 0.5) is 0 Å². The summed E-state index contributed by atoms with van der Waals surface area (Å²) < 4.78 is 6.13. The summed E-state index contributed by atoms with van der Waals surface area (Å²) in [5.74, 6) is 0.836. The Morgan fingerprint density at radius 3 is 2.71 bits per heavy atom. The summed E-state index contributed by atoms with van der Waals surface area (Å²) in [5, 5.41) is 4.32. The van der Waals surface area contributed by atoms with E-state index < -0.39 is 0 Å². The van der Waals surface area contributed by atoms with Gasteiger partial charge in [0.25, 0.3) is 0 Å². The van der Waals surface area contributed by atoms with E-state index in [2.05, 4.69) is 22.4 Å². The quantitative estimate of drug-likeness (QED) is 0.919. The van der Waals surface area contributed by atoms with E-state index in [0.29, 0.717) is 21.8 Å². The predicted octanol–water partition coefficient (Wildman–Crippen LogP) is 4.12. The molecule has 110 valence electrons. The maximum atomic E-state index is 6.18. The molecule has 0 radical (unpaired) electrons. The molecule has 0 amide bonds. The normalized spacial score (nSPS) is 19.4. The summed E-state index contributed by atoms with van der Waals surface area (Å²) in [6.07, 6.45) is 2.56. The first-order chi connectivity index (χ1) is 10.2. The molecule has 1 aromatic heterocycles. The zero-order chi connectivity index (χ0) is 14.7. The van der Waals surface area contributed by atoms with E-state index in [-0.39, 0.29) is 6.10 Å². The molecule has 1 aromatic carbocycles. The molecule has 0 aliphatic carbocycles. The van der Waals surface area contributed by atoms with Crippen LogP contribution < -0.4 is 10.1 Å². The van der Waals surface area contributed by atoms with Crippen molar-refractivity contribution in [2.75, 3.05) is 13.1 Å². The minimum absolute atomic E-state index is 0.0626. The van der Waals surface area contributed by atoms with Crippen molar-refractivity contribution >= 4 is 23.2 Å². The second-order valence-corrected chi connectivity index (χ2v) is 5.99. The van der Waals surface area contributed by atoms with Crippen molar-refractivity contribution in [1.29, 1.82) is 0 Å². The molecular formula is C16H16Cl2N2O. The number of halogens is 2. The number of nitrogens with one attached hydrogen (secondary N) is 1. The number of nitrogens with zero attached hydrogens (tertiary/aromatic N) is 1. The Morgan fingerprint density at radius 2 is 2.05 bits per heavy atom. The van der Waals surface area contributed by atoms with Crippen molar-refractivity contribution in [3.63, 3.8) is 0 Å². The first-order valence-corrected chi connectivity index (χ1v) is 7.73. The highest BCUT2D eigenvalue weighted by molar-refractivity contribution is 6.35. The lowest BCUT2D eigenvalue weighted by molar-refractivity contribution is 0.138. The molecule has 2 aromatic rings. The Hall–Kier alpha value is -1.29. The van der Waals surface area contributed by atoms with Gasteiger partial charge in [-0.25, -0.2) is 4.98 Å². The highest BCUT2D eigenvalue weighted by Crippen LogP contribution is 2.34. The summed E-state index contributed by atoms with van der Waals surface area (Å²) in [5.41, 5.74) is 1.14. The molecule has 1 aliphatic heterocycles. The molecular weight excluding hydrogens is 307 g/mol. The monoisotopic (exact) mass is 322 g/mol. The van der Waals surface area contributed by atoms with Gasteiger partial charge in [-0.05, 0) is 24.6 Å². The highest BCUT2D eigenvalue weighted by Gasteiger charge is 2.28. The van der Waals surface area contributed by atoms with Gasteiger partial charge in [0.1, 0.15) is 11.1 Å². The molecule has 2 heterocycles. The number of benzene rings is 1. The molecule has 0 unspecified atom stereocenters. The molecule has 0 spiro atoms. The topological polar surface area (TPSA) is 34.1 Å². The first kappa shape index (κ1) is 14.6. The van der Waals surface area contributed by atoms with Crippen LogP contribution in [-0.4, -0.2) is 18.1 Å². The van der Waals surface area contributed by atoms with Crippen LogP contribution in [0.2, 0.25) is 10.0 Å². The Kier molecular flexibility index (Phi) is 4.63. The van der Waals surface area contributed by atoms with Crippen molar-refractivity contribution in [2.24, 2.45) is 5.92 Å². The van der Waals surface area contributed by atoms with Gasteiger partial charge in [-0.15, -0.1) is 0 Å². The van der Waals surface area contributed by atoms with Gasteiger partial charge >= 0.3 is 0 Å². The van der Waals surface area contributed by atoms with Crippen LogP contribution in [0.3, 0.4) is 0 Å². The molecule has 21 heavy (non-hydrogen) atoms. The fraction of sp³-hybridized carbons (Fsp3) is 0.312. The number of pyridine rings is 1. The zero-order valence-electron chi connectivity index (χ0n) is 11.4. The Morgan fingerprint density at radius 1 is 1.24 bits per heavy atom. The van der Waals surface area contributed by atoms with E-state index in [1.54, 1.807) is 12.3 Å². The highest BCUT2D eigenvalue weighted by atomic mass is 35.5. The largest absolute Gasteiger partial charge is 0.468 e. The third kappa shape index (κ3) is 3.49. The average Bonchev–Trinajstić information content (AvgIpc) is 3.01. The van der Waals surface area contributed by atoms with Gasteiger partial charge in [-0.1, -0.05) is 53.5 Å². The molecule has 3 rings (SSSR count). The van der Waals surface area contributed by atoms with Crippen LogP contribution in [-0.2, 0) is 0 Å². The van der Waals surface area contributed by atoms with Gasteiger partial charge in [-0.2, -0.15) is 0 Å². The smallest absolute Gasteiger partial charge is 0.233 e.